The Morgan fingerprint density at radius 1 is 1.28 bits per heavy atom. The van der Waals surface area contributed by atoms with Crippen molar-refractivity contribution >= 4 is 5.91 Å². The number of amides is 1. The van der Waals surface area contributed by atoms with Gasteiger partial charge in [-0.2, -0.15) is 0 Å². The van der Waals surface area contributed by atoms with Gasteiger partial charge in [-0.3, -0.25) is 4.79 Å². The molecular weight excluding hydrogens is 228 g/mol. The van der Waals surface area contributed by atoms with E-state index < -0.39 is 0 Å². The van der Waals surface area contributed by atoms with E-state index >= 15 is 0 Å². The van der Waals surface area contributed by atoms with Gasteiger partial charge in [0.25, 0.3) is 0 Å². The van der Waals surface area contributed by atoms with Crippen LogP contribution in [0.3, 0.4) is 0 Å². The van der Waals surface area contributed by atoms with Crippen LogP contribution < -0.4 is 5.73 Å². The van der Waals surface area contributed by atoms with Crippen molar-refractivity contribution in [2.45, 2.75) is 38.3 Å². The molecule has 0 aliphatic carbocycles. The lowest BCUT2D eigenvalue weighted by molar-refractivity contribution is -0.137. The number of nitrogens with zero attached hydrogens (tertiary/aromatic N) is 3. The van der Waals surface area contributed by atoms with Crippen molar-refractivity contribution in [1.29, 1.82) is 0 Å². The van der Waals surface area contributed by atoms with E-state index in [-0.39, 0.29) is 12.0 Å². The Hall–Kier alpha value is -1.36. The summed E-state index contributed by atoms with van der Waals surface area (Å²) >= 11 is 0. The van der Waals surface area contributed by atoms with Crippen LogP contribution in [0.1, 0.15) is 25.1 Å². The second-order valence-electron chi connectivity index (χ2n) is 5.39. The maximum Gasteiger partial charge on any atom is 0.226 e. The topological polar surface area (TPSA) is 64.2 Å². The molecule has 0 bridgehead atoms. The molecule has 1 fully saturated rings. The zero-order chi connectivity index (χ0) is 12.5. The van der Waals surface area contributed by atoms with Crippen LogP contribution in [-0.2, 0) is 17.8 Å². The van der Waals surface area contributed by atoms with Crippen LogP contribution in [-0.4, -0.2) is 39.5 Å². The number of nitrogens with two attached hydrogens (primary N) is 1. The number of carbonyl (C=O) groups excluding carboxylic acids is 1. The Morgan fingerprint density at radius 3 is 2.83 bits per heavy atom. The molecule has 0 radical (unpaired) electrons. The molecule has 3 heterocycles. The molecule has 3 rings (SSSR count). The van der Waals surface area contributed by atoms with Gasteiger partial charge in [-0.1, -0.05) is 0 Å². The summed E-state index contributed by atoms with van der Waals surface area (Å²) < 4.78 is 2.15. The molecule has 18 heavy (non-hydrogen) atoms. The van der Waals surface area contributed by atoms with Gasteiger partial charge in [0, 0.05) is 50.4 Å². The van der Waals surface area contributed by atoms with Crippen molar-refractivity contribution < 1.29 is 4.79 Å². The van der Waals surface area contributed by atoms with Crippen LogP contribution in [0.25, 0.3) is 0 Å². The first-order valence-electron chi connectivity index (χ1n) is 6.78. The van der Waals surface area contributed by atoms with Gasteiger partial charge < -0.3 is 15.2 Å². The van der Waals surface area contributed by atoms with Crippen LogP contribution in [0.15, 0.2) is 12.4 Å². The van der Waals surface area contributed by atoms with Gasteiger partial charge in [0.1, 0.15) is 5.82 Å². The first kappa shape index (κ1) is 11.7. The second-order valence-corrected chi connectivity index (χ2v) is 5.39. The van der Waals surface area contributed by atoms with Gasteiger partial charge in [0.05, 0.1) is 0 Å². The summed E-state index contributed by atoms with van der Waals surface area (Å²) in [5.74, 6) is 1.47. The fraction of sp³-hybridized carbons (Fsp3) is 0.692. The summed E-state index contributed by atoms with van der Waals surface area (Å²) in [6.45, 7) is 2.56. The highest BCUT2D eigenvalue weighted by Gasteiger charge is 2.30. The van der Waals surface area contributed by atoms with Crippen molar-refractivity contribution in [1.82, 2.24) is 14.5 Å². The Bertz CT molecular complexity index is 434. The number of carbonyl (C=O) groups is 1. The number of fused-ring (bicyclic) bond motifs is 1. The summed E-state index contributed by atoms with van der Waals surface area (Å²) in [5, 5.41) is 0. The fourth-order valence-corrected chi connectivity index (χ4v) is 2.94. The number of likely N-dealkylation sites (tertiary alicyclic amines) is 1. The zero-order valence-electron chi connectivity index (χ0n) is 10.6. The average molecular weight is 248 g/mol. The van der Waals surface area contributed by atoms with Gasteiger partial charge >= 0.3 is 0 Å². The van der Waals surface area contributed by atoms with E-state index in [0.717, 1.165) is 51.1 Å². The molecule has 0 aromatic carbocycles. The van der Waals surface area contributed by atoms with Crippen molar-refractivity contribution in [2.24, 2.45) is 11.7 Å². The van der Waals surface area contributed by atoms with Gasteiger partial charge in [-0.05, 0) is 19.3 Å². The molecule has 2 N–H and O–H groups in total. The molecule has 5 nitrogen and oxygen atoms in total. The molecule has 0 saturated carbocycles. The van der Waals surface area contributed by atoms with Crippen LogP contribution in [0, 0.1) is 5.92 Å². The number of imidazole rings is 1. The highest BCUT2D eigenvalue weighted by molar-refractivity contribution is 5.79. The highest BCUT2D eigenvalue weighted by Crippen LogP contribution is 2.22. The molecule has 1 aromatic heterocycles. The molecule has 1 aromatic rings. The van der Waals surface area contributed by atoms with E-state index in [9.17, 15) is 4.79 Å². The molecule has 2 aliphatic heterocycles. The first-order valence-corrected chi connectivity index (χ1v) is 6.78. The van der Waals surface area contributed by atoms with Gasteiger partial charge in [0.15, 0.2) is 0 Å². The summed E-state index contributed by atoms with van der Waals surface area (Å²) in [6, 6.07) is 0.277. The SMILES string of the molecule is NC1CCN(C(=O)C2CCn3ccnc3C2)CC1. The van der Waals surface area contributed by atoms with E-state index in [4.69, 9.17) is 5.73 Å². The normalized spacial score (nSPS) is 24.9. The minimum absolute atomic E-state index is 0.120. The minimum Gasteiger partial charge on any atom is -0.342 e. The fourth-order valence-electron chi connectivity index (χ4n) is 2.94. The van der Waals surface area contributed by atoms with E-state index in [1.807, 2.05) is 17.3 Å². The maximum absolute atomic E-state index is 12.4. The lowest BCUT2D eigenvalue weighted by Crippen LogP contribution is -2.46. The number of rotatable bonds is 1. The minimum atomic E-state index is 0.120. The summed E-state index contributed by atoms with van der Waals surface area (Å²) in [5.41, 5.74) is 5.87. The summed E-state index contributed by atoms with van der Waals surface area (Å²) in [7, 11) is 0. The molecule has 1 unspecified atom stereocenters. The van der Waals surface area contributed by atoms with E-state index in [0.29, 0.717) is 5.91 Å². The third-order valence-electron chi connectivity index (χ3n) is 4.15. The number of hydrogen-bond donors (Lipinski definition) is 1. The van der Waals surface area contributed by atoms with E-state index in [2.05, 4.69) is 9.55 Å². The Morgan fingerprint density at radius 2 is 2.06 bits per heavy atom. The molecule has 0 spiro atoms. The second kappa shape index (κ2) is 4.72. The number of aryl methyl sites for hydroxylation is 1. The average Bonchev–Trinajstić information content (AvgIpc) is 2.86. The highest BCUT2D eigenvalue weighted by atomic mass is 16.2. The molecule has 2 aliphatic rings. The van der Waals surface area contributed by atoms with E-state index in [1.165, 1.54) is 0 Å². The third kappa shape index (κ3) is 2.14. The van der Waals surface area contributed by atoms with Crippen molar-refractivity contribution in [2.75, 3.05) is 13.1 Å². The van der Waals surface area contributed by atoms with Gasteiger partial charge in [-0.25, -0.2) is 4.98 Å². The quantitative estimate of drug-likeness (QED) is 0.782. The molecule has 1 amide bonds. The van der Waals surface area contributed by atoms with E-state index in [1.54, 1.807) is 0 Å². The Kier molecular flexibility index (Phi) is 3.07. The lowest BCUT2D eigenvalue weighted by atomic mass is 9.94. The lowest BCUT2D eigenvalue weighted by Gasteiger charge is -2.34. The summed E-state index contributed by atoms with van der Waals surface area (Å²) in [6.07, 6.45) is 7.41. The smallest absolute Gasteiger partial charge is 0.226 e. The van der Waals surface area contributed by atoms with Crippen LogP contribution in [0.2, 0.25) is 0 Å². The number of hydrogen-bond acceptors (Lipinski definition) is 3. The Labute approximate surface area is 107 Å². The predicted molar refractivity (Wildman–Crippen MR) is 67.8 cm³/mol. The van der Waals surface area contributed by atoms with Gasteiger partial charge in [0.2, 0.25) is 5.91 Å². The largest absolute Gasteiger partial charge is 0.342 e. The molecular formula is C13H20N4O. The number of aromatic nitrogens is 2. The molecule has 98 valence electrons. The predicted octanol–water partition coefficient (Wildman–Crippen LogP) is 0.395. The standard InChI is InChI=1S/C13H20N4O/c14-11-2-6-17(7-3-11)13(18)10-1-5-16-8-4-15-12(16)9-10/h4,8,10-11H,1-3,5-7,9,14H2. The van der Waals surface area contributed by atoms with Crippen molar-refractivity contribution in [3.63, 3.8) is 0 Å². The molecule has 5 heteroatoms. The van der Waals surface area contributed by atoms with Crippen LogP contribution >= 0.6 is 0 Å². The maximum atomic E-state index is 12.4. The third-order valence-corrected chi connectivity index (χ3v) is 4.15. The number of piperidine rings is 1. The first-order chi connectivity index (χ1) is 8.74. The molecule has 1 saturated heterocycles. The van der Waals surface area contributed by atoms with Gasteiger partial charge in [-0.15, -0.1) is 0 Å². The molecule has 1 atom stereocenters. The summed E-state index contributed by atoms with van der Waals surface area (Å²) in [4.78, 5) is 18.8. The van der Waals surface area contributed by atoms with Crippen molar-refractivity contribution in [3.8, 4) is 0 Å². The zero-order valence-corrected chi connectivity index (χ0v) is 10.6. The Balaban J connectivity index is 1.64. The monoisotopic (exact) mass is 248 g/mol. The van der Waals surface area contributed by atoms with Crippen molar-refractivity contribution in [3.05, 3.63) is 18.2 Å². The van der Waals surface area contributed by atoms with Crippen LogP contribution in [0.4, 0.5) is 0 Å². The van der Waals surface area contributed by atoms with Crippen LogP contribution in [0.5, 0.6) is 0 Å².